The van der Waals surface area contributed by atoms with Crippen molar-refractivity contribution in [2.24, 2.45) is 0 Å². The van der Waals surface area contributed by atoms with E-state index in [2.05, 4.69) is 10.0 Å². The van der Waals surface area contributed by atoms with Crippen molar-refractivity contribution >= 4 is 27.6 Å². The molecule has 0 spiro atoms. The lowest BCUT2D eigenvalue weighted by atomic mass is 9.87. The van der Waals surface area contributed by atoms with Gasteiger partial charge in [-0.1, -0.05) is 75.4 Å². The predicted octanol–water partition coefficient (Wildman–Crippen LogP) is 5.43. The highest BCUT2D eigenvalue weighted by molar-refractivity contribution is 7.92. The van der Waals surface area contributed by atoms with Crippen LogP contribution in [0.25, 0.3) is 0 Å². The third-order valence-electron chi connectivity index (χ3n) is 6.86. The molecule has 4 aromatic carbocycles. The second-order valence-electron chi connectivity index (χ2n) is 11.4. The Morgan fingerprint density at radius 3 is 2.15 bits per heavy atom. The van der Waals surface area contributed by atoms with Gasteiger partial charge in [0, 0.05) is 5.56 Å². The van der Waals surface area contributed by atoms with E-state index in [0.29, 0.717) is 5.75 Å². The standard InChI is InChI=1S/C35H38N2O9S/c1-35(2,3)26-14-16-27(17-15-26)47(41,42)37-28-20-25(34(40)36-22-32(39)45-23-24-10-6-5-7-11-24)21-31(44-19-18-38)33(28)46-30-13-9-8-12-29(30)43-4/h5-17,20-21,37-38H,18-19,22-23H2,1-4H3,(H,36,40). The molecule has 0 aliphatic heterocycles. The summed E-state index contributed by atoms with van der Waals surface area (Å²) in [5.41, 5.74) is 1.34. The van der Waals surface area contributed by atoms with Crippen molar-refractivity contribution in [2.75, 3.05) is 31.6 Å². The van der Waals surface area contributed by atoms with Crippen LogP contribution in [0.2, 0.25) is 0 Å². The van der Waals surface area contributed by atoms with Crippen LogP contribution in [0.3, 0.4) is 0 Å². The number of nitrogens with one attached hydrogen (secondary N) is 2. The Bertz CT molecular complexity index is 1790. The number of sulfonamides is 1. The summed E-state index contributed by atoms with van der Waals surface area (Å²) in [5, 5.41) is 12.0. The van der Waals surface area contributed by atoms with Crippen molar-refractivity contribution < 1.29 is 42.1 Å². The van der Waals surface area contributed by atoms with Gasteiger partial charge < -0.3 is 29.4 Å². The summed E-state index contributed by atoms with van der Waals surface area (Å²) >= 11 is 0. The second kappa shape index (κ2) is 15.5. The minimum Gasteiger partial charge on any atom is -0.493 e. The maximum atomic E-state index is 13.7. The minimum absolute atomic E-state index is 0.0254. The molecule has 0 aliphatic rings. The summed E-state index contributed by atoms with van der Waals surface area (Å²) in [4.78, 5) is 25.6. The van der Waals surface area contributed by atoms with Gasteiger partial charge in [0.25, 0.3) is 15.9 Å². The Hall–Kier alpha value is -5.07. The number of aliphatic hydroxyl groups is 1. The minimum atomic E-state index is -4.22. The summed E-state index contributed by atoms with van der Waals surface area (Å²) in [6.07, 6.45) is 0. The quantitative estimate of drug-likeness (QED) is 0.150. The average molecular weight is 663 g/mol. The van der Waals surface area contributed by atoms with Gasteiger partial charge in [-0.05, 0) is 52.9 Å². The van der Waals surface area contributed by atoms with E-state index in [1.54, 1.807) is 48.5 Å². The van der Waals surface area contributed by atoms with Gasteiger partial charge in [-0.3, -0.25) is 14.3 Å². The summed E-state index contributed by atoms with van der Waals surface area (Å²) in [7, 11) is -2.76. The molecule has 47 heavy (non-hydrogen) atoms. The first-order valence-corrected chi connectivity index (χ1v) is 16.2. The number of amides is 1. The first-order valence-electron chi connectivity index (χ1n) is 14.7. The number of para-hydroxylation sites is 2. The van der Waals surface area contributed by atoms with Crippen molar-refractivity contribution in [2.45, 2.75) is 37.7 Å². The highest BCUT2D eigenvalue weighted by atomic mass is 32.2. The highest BCUT2D eigenvalue weighted by Gasteiger charge is 2.25. The SMILES string of the molecule is COc1ccccc1Oc1c(NS(=O)(=O)c2ccc(C(C)(C)C)cc2)cc(C(=O)NCC(=O)OCc2ccccc2)cc1OCCO. The number of esters is 1. The topological polar surface area (TPSA) is 149 Å². The molecular weight excluding hydrogens is 624 g/mol. The molecule has 1 amide bonds. The molecule has 0 unspecified atom stereocenters. The van der Waals surface area contributed by atoms with Gasteiger partial charge in [-0.2, -0.15) is 0 Å². The normalized spacial score (nSPS) is 11.3. The van der Waals surface area contributed by atoms with Gasteiger partial charge >= 0.3 is 5.97 Å². The van der Waals surface area contributed by atoms with Crippen molar-refractivity contribution in [1.29, 1.82) is 0 Å². The zero-order valence-electron chi connectivity index (χ0n) is 26.6. The number of hydrogen-bond acceptors (Lipinski definition) is 9. The summed E-state index contributed by atoms with van der Waals surface area (Å²) in [6.45, 7) is 5.07. The Labute approximate surface area is 274 Å². The van der Waals surface area contributed by atoms with Crippen LogP contribution in [0.5, 0.6) is 23.0 Å². The van der Waals surface area contributed by atoms with E-state index >= 15 is 0 Å². The predicted molar refractivity (Wildman–Crippen MR) is 177 cm³/mol. The zero-order valence-corrected chi connectivity index (χ0v) is 27.4. The fourth-order valence-electron chi connectivity index (χ4n) is 4.37. The van der Waals surface area contributed by atoms with E-state index in [-0.39, 0.29) is 58.6 Å². The molecule has 0 atom stereocenters. The second-order valence-corrected chi connectivity index (χ2v) is 13.1. The Balaban J connectivity index is 1.68. The van der Waals surface area contributed by atoms with Crippen molar-refractivity contribution in [3.63, 3.8) is 0 Å². The van der Waals surface area contributed by atoms with Gasteiger partial charge in [0.15, 0.2) is 23.0 Å². The number of anilines is 1. The van der Waals surface area contributed by atoms with E-state index in [1.807, 2.05) is 39.0 Å². The lowest BCUT2D eigenvalue weighted by Gasteiger charge is -2.21. The van der Waals surface area contributed by atoms with Crippen molar-refractivity contribution in [1.82, 2.24) is 5.32 Å². The van der Waals surface area contributed by atoms with Crippen LogP contribution >= 0.6 is 0 Å². The lowest BCUT2D eigenvalue weighted by Crippen LogP contribution is -2.30. The molecule has 0 radical (unpaired) electrons. The van der Waals surface area contributed by atoms with Crippen LogP contribution in [0.4, 0.5) is 5.69 Å². The Morgan fingerprint density at radius 2 is 1.51 bits per heavy atom. The molecule has 4 rings (SSSR count). The molecule has 248 valence electrons. The van der Waals surface area contributed by atoms with Crippen LogP contribution in [-0.4, -0.2) is 52.3 Å². The van der Waals surface area contributed by atoms with Crippen LogP contribution in [-0.2, 0) is 31.6 Å². The van der Waals surface area contributed by atoms with Crippen LogP contribution in [0.1, 0.15) is 42.3 Å². The van der Waals surface area contributed by atoms with E-state index in [0.717, 1.165) is 11.1 Å². The molecule has 0 saturated carbocycles. The first-order chi connectivity index (χ1) is 22.4. The number of rotatable bonds is 14. The zero-order chi connectivity index (χ0) is 34.0. The molecule has 4 aromatic rings. The van der Waals surface area contributed by atoms with E-state index in [4.69, 9.17) is 18.9 Å². The van der Waals surface area contributed by atoms with E-state index < -0.39 is 28.4 Å². The van der Waals surface area contributed by atoms with Crippen LogP contribution in [0.15, 0.2) is 95.9 Å². The maximum absolute atomic E-state index is 13.7. The lowest BCUT2D eigenvalue weighted by molar-refractivity contribution is -0.143. The van der Waals surface area contributed by atoms with Gasteiger partial charge in [0.2, 0.25) is 0 Å². The fourth-order valence-corrected chi connectivity index (χ4v) is 5.43. The molecule has 0 aliphatic carbocycles. The molecule has 0 fully saturated rings. The smallest absolute Gasteiger partial charge is 0.325 e. The molecule has 0 heterocycles. The molecule has 12 heteroatoms. The third kappa shape index (κ3) is 9.47. The number of carbonyl (C=O) groups is 2. The number of aliphatic hydroxyl groups excluding tert-OH is 1. The average Bonchev–Trinajstić information content (AvgIpc) is 3.06. The number of hydrogen-bond donors (Lipinski definition) is 3. The highest BCUT2D eigenvalue weighted by Crippen LogP contribution is 2.43. The largest absolute Gasteiger partial charge is 0.493 e. The van der Waals surface area contributed by atoms with Crippen molar-refractivity contribution in [3.05, 3.63) is 108 Å². The van der Waals surface area contributed by atoms with Gasteiger partial charge in [-0.15, -0.1) is 0 Å². The number of carbonyl (C=O) groups excluding carboxylic acids is 2. The number of methoxy groups -OCH3 is 1. The summed E-state index contributed by atoms with van der Waals surface area (Å²) < 4.78 is 52.4. The van der Waals surface area contributed by atoms with Gasteiger partial charge in [0.05, 0.1) is 24.3 Å². The Morgan fingerprint density at radius 1 is 0.851 bits per heavy atom. The summed E-state index contributed by atoms with van der Waals surface area (Å²) in [5.74, 6) is -0.939. The third-order valence-corrected chi connectivity index (χ3v) is 8.24. The number of benzene rings is 4. The molecule has 0 bridgehead atoms. The van der Waals surface area contributed by atoms with Crippen LogP contribution in [0, 0.1) is 0 Å². The molecule has 0 saturated heterocycles. The van der Waals surface area contributed by atoms with Gasteiger partial charge in [-0.25, -0.2) is 8.42 Å². The maximum Gasteiger partial charge on any atom is 0.325 e. The monoisotopic (exact) mass is 662 g/mol. The number of ether oxygens (including phenoxy) is 4. The van der Waals surface area contributed by atoms with Crippen molar-refractivity contribution in [3.8, 4) is 23.0 Å². The summed E-state index contributed by atoms with van der Waals surface area (Å²) in [6, 6.07) is 24.8. The first kappa shape index (κ1) is 34.8. The molecule has 3 N–H and O–H groups in total. The van der Waals surface area contributed by atoms with E-state index in [9.17, 15) is 23.1 Å². The molecule has 0 aromatic heterocycles. The van der Waals surface area contributed by atoms with E-state index in [1.165, 1.54) is 31.4 Å². The fraction of sp³-hybridized carbons (Fsp3) is 0.257. The van der Waals surface area contributed by atoms with Gasteiger partial charge in [0.1, 0.15) is 19.8 Å². The van der Waals surface area contributed by atoms with Crippen LogP contribution < -0.4 is 24.2 Å². The molecular formula is C35H38N2O9S. The Kier molecular flexibility index (Phi) is 11.5. The molecule has 11 nitrogen and oxygen atoms in total.